The van der Waals surface area contributed by atoms with Crippen molar-refractivity contribution in [2.75, 3.05) is 43.7 Å². The molecule has 5 rings (SSSR count). The minimum atomic E-state index is -1.28. The fourth-order valence-corrected chi connectivity index (χ4v) is 6.41. The molecule has 12 heteroatoms. The number of benzene rings is 3. The molecule has 0 saturated carbocycles. The van der Waals surface area contributed by atoms with Crippen molar-refractivity contribution < 1.29 is 33.8 Å². The molecular weight excluding hydrogens is 644 g/mol. The first-order chi connectivity index (χ1) is 21.6. The van der Waals surface area contributed by atoms with Gasteiger partial charge < -0.3 is 29.7 Å². The van der Waals surface area contributed by atoms with E-state index in [-0.39, 0.29) is 31.3 Å². The smallest absolute Gasteiger partial charge is 0.407 e. The van der Waals surface area contributed by atoms with E-state index >= 15 is 0 Å². The van der Waals surface area contributed by atoms with Crippen LogP contribution in [0.15, 0.2) is 59.1 Å². The summed E-state index contributed by atoms with van der Waals surface area (Å²) in [4.78, 5) is 57.4. The molecule has 2 atom stereocenters. The van der Waals surface area contributed by atoms with Gasteiger partial charge in [-0.2, -0.15) is 0 Å². The summed E-state index contributed by atoms with van der Waals surface area (Å²) in [7, 11) is 2.86. The Labute approximate surface area is 270 Å². The predicted octanol–water partition coefficient (Wildman–Crippen LogP) is 4.79. The summed E-state index contributed by atoms with van der Waals surface area (Å²) in [5.74, 6) is -0.515. The number of likely N-dealkylation sites (N-methyl/N-ethyl adjacent to an activating group) is 1. The first-order valence-electron chi connectivity index (χ1n) is 14.9. The Balaban J connectivity index is 1.58. The Kier molecular flexibility index (Phi) is 9.93. The molecule has 4 amide bonds. The van der Waals surface area contributed by atoms with Crippen molar-refractivity contribution in [1.29, 1.82) is 0 Å². The average molecular weight is 682 g/mol. The Morgan fingerprint density at radius 2 is 1.78 bits per heavy atom. The van der Waals surface area contributed by atoms with Gasteiger partial charge in [0.1, 0.15) is 17.8 Å². The number of carbonyl (C=O) groups is 4. The zero-order chi connectivity index (χ0) is 32.2. The summed E-state index contributed by atoms with van der Waals surface area (Å²) in [6.45, 7) is 2.62. The van der Waals surface area contributed by atoms with Crippen LogP contribution in [0.2, 0.25) is 0 Å². The Morgan fingerprint density at radius 3 is 2.47 bits per heavy atom. The highest BCUT2D eigenvalue weighted by Crippen LogP contribution is 2.38. The third kappa shape index (κ3) is 6.76. The van der Waals surface area contributed by atoms with E-state index in [0.717, 1.165) is 38.6 Å². The van der Waals surface area contributed by atoms with Gasteiger partial charge in [0.25, 0.3) is 5.91 Å². The van der Waals surface area contributed by atoms with Crippen molar-refractivity contribution in [3.63, 3.8) is 0 Å². The maximum Gasteiger partial charge on any atom is 0.407 e. The number of hydrogen-bond donors (Lipinski definition) is 2. The van der Waals surface area contributed by atoms with Crippen LogP contribution in [0.4, 0.5) is 16.2 Å². The second kappa shape index (κ2) is 13.9. The van der Waals surface area contributed by atoms with Gasteiger partial charge in [0.05, 0.1) is 31.6 Å². The molecule has 0 bridgehead atoms. The standard InChI is InChI=1S/C33H37BrN4O7/c1-20(36(2)33(42)43)31(40)35-26-19-37(30(39)17-21-13-15-45-16-14-21)27-9-4-5-10-28(27)38(32(26)41)18-24-22-7-6-8-25(34)23(22)11-12-29(24)44-3/h4-12,20-21,26H,13-19H2,1-3H3,(H,35,40)(H,42,43)/t20-,26-/m0/s1. The van der Waals surface area contributed by atoms with E-state index in [1.54, 1.807) is 35.1 Å². The second-order valence-electron chi connectivity index (χ2n) is 11.4. The monoisotopic (exact) mass is 680 g/mol. The summed E-state index contributed by atoms with van der Waals surface area (Å²) < 4.78 is 12.1. The number of nitrogens with zero attached hydrogens (tertiary/aromatic N) is 3. The molecule has 3 aromatic carbocycles. The van der Waals surface area contributed by atoms with Gasteiger partial charge in [-0.05, 0) is 66.8 Å². The van der Waals surface area contributed by atoms with Crippen molar-refractivity contribution in [3.8, 4) is 5.75 Å². The highest BCUT2D eigenvalue weighted by molar-refractivity contribution is 9.10. The molecular formula is C33H37BrN4O7. The number of fused-ring (bicyclic) bond motifs is 2. The number of halogens is 1. The number of nitrogens with one attached hydrogen (secondary N) is 1. The van der Waals surface area contributed by atoms with Crippen LogP contribution in [0, 0.1) is 5.92 Å². The second-order valence-corrected chi connectivity index (χ2v) is 12.2. The fraction of sp³-hybridized carbons (Fsp3) is 0.394. The third-order valence-corrected chi connectivity index (χ3v) is 9.38. The van der Waals surface area contributed by atoms with Gasteiger partial charge in [-0.15, -0.1) is 0 Å². The van der Waals surface area contributed by atoms with Crippen LogP contribution < -0.4 is 19.9 Å². The lowest BCUT2D eigenvalue weighted by atomic mass is 9.95. The van der Waals surface area contributed by atoms with Crippen molar-refractivity contribution >= 4 is 61.9 Å². The van der Waals surface area contributed by atoms with Gasteiger partial charge in [-0.3, -0.25) is 19.3 Å². The molecule has 2 aliphatic rings. The first-order valence-corrected chi connectivity index (χ1v) is 15.7. The molecule has 3 aromatic rings. The van der Waals surface area contributed by atoms with Gasteiger partial charge in [0.2, 0.25) is 11.8 Å². The molecule has 0 spiro atoms. The molecule has 0 unspecified atom stereocenters. The fourth-order valence-electron chi connectivity index (χ4n) is 5.91. The van der Waals surface area contributed by atoms with Gasteiger partial charge in [-0.1, -0.05) is 40.2 Å². The van der Waals surface area contributed by atoms with E-state index in [4.69, 9.17) is 9.47 Å². The predicted molar refractivity (Wildman–Crippen MR) is 174 cm³/mol. The molecule has 45 heavy (non-hydrogen) atoms. The number of carboxylic acid groups (broad SMARTS) is 1. The van der Waals surface area contributed by atoms with Crippen LogP contribution in [0.1, 0.15) is 31.7 Å². The van der Waals surface area contributed by atoms with Crippen LogP contribution in [0.5, 0.6) is 5.75 Å². The largest absolute Gasteiger partial charge is 0.496 e. The van der Waals surface area contributed by atoms with Crippen LogP contribution in [-0.4, -0.2) is 79.8 Å². The van der Waals surface area contributed by atoms with Gasteiger partial charge in [-0.25, -0.2) is 4.79 Å². The zero-order valence-corrected chi connectivity index (χ0v) is 27.1. The van der Waals surface area contributed by atoms with E-state index in [2.05, 4.69) is 21.2 Å². The lowest BCUT2D eigenvalue weighted by molar-refractivity contribution is -0.130. The molecule has 238 valence electrons. The van der Waals surface area contributed by atoms with Crippen molar-refractivity contribution in [2.45, 2.75) is 44.8 Å². The maximum atomic E-state index is 14.5. The highest BCUT2D eigenvalue weighted by Gasteiger charge is 2.39. The minimum Gasteiger partial charge on any atom is -0.496 e. The lowest BCUT2D eigenvalue weighted by Crippen LogP contribution is -2.56. The number of carbonyl (C=O) groups excluding carboxylic acids is 3. The van der Waals surface area contributed by atoms with Gasteiger partial charge in [0, 0.05) is 36.7 Å². The summed E-state index contributed by atoms with van der Waals surface area (Å²) in [6.07, 6.45) is 0.529. The zero-order valence-electron chi connectivity index (χ0n) is 25.5. The summed E-state index contributed by atoms with van der Waals surface area (Å²) in [5.41, 5.74) is 1.82. The molecule has 0 aliphatic carbocycles. The first kappa shape index (κ1) is 32.2. The molecule has 2 aliphatic heterocycles. The van der Waals surface area contributed by atoms with Crippen LogP contribution in [-0.2, 0) is 25.7 Å². The summed E-state index contributed by atoms with van der Waals surface area (Å²) >= 11 is 3.62. The quantitative estimate of drug-likeness (QED) is 0.350. The third-order valence-electron chi connectivity index (χ3n) is 8.69. The van der Waals surface area contributed by atoms with Gasteiger partial charge in [0.15, 0.2) is 0 Å². The van der Waals surface area contributed by atoms with Crippen LogP contribution >= 0.6 is 15.9 Å². The molecule has 2 N–H and O–H groups in total. The Bertz CT molecular complexity index is 1610. The summed E-state index contributed by atoms with van der Waals surface area (Å²) in [5, 5.41) is 14.0. The number of methoxy groups -OCH3 is 1. The average Bonchev–Trinajstić information content (AvgIpc) is 3.15. The minimum absolute atomic E-state index is 0.0890. The molecule has 0 aromatic heterocycles. The van der Waals surface area contributed by atoms with Crippen LogP contribution in [0.3, 0.4) is 0 Å². The lowest BCUT2D eigenvalue weighted by Gasteiger charge is -2.29. The number of rotatable bonds is 8. The number of para-hydroxylation sites is 2. The van der Waals surface area contributed by atoms with Crippen molar-refractivity contribution in [1.82, 2.24) is 10.2 Å². The van der Waals surface area contributed by atoms with E-state index in [9.17, 15) is 24.3 Å². The number of hydrogen-bond acceptors (Lipinski definition) is 6. The topological polar surface area (TPSA) is 129 Å². The van der Waals surface area contributed by atoms with Gasteiger partial charge >= 0.3 is 6.09 Å². The van der Waals surface area contributed by atoms with E-state index in [0.29, 0.717) is 30.3 Å². The Hall–Kier alpha value is -4.16. The molecule has 1 fully saturated rings. The number of anilines is 2. The van der Waals surface area contributed by atoms with E-state index in [1.807, 2.05) is 36.4 Å². The maximum absolute atomic E-state index is 14.5. The van der Waals surface area contributed by atoms with E-state index in [1.165, 1.54) is 14.0 Å². The molecule has 1 saturated heterocycles. The molecule has 2 heterocycles. The number of ether oxygens (including phenoxy) is 2. The van der Waals surface area contributed by atoms with Crippen molar-refractivity contribution in [3.05, 3.63) is 64.6 Å². The number of amides is 4. The Morgan fingerprint density at radius 1 is 1.07 bits per heavy atom. The normalized spacial score (nSPS) is 17.8. The summed E-state index contributed by atoms with van der Waals surface area (Å²) in [6, 6.07) is 14.6. The van der Waals surface area contributed by atoms with Crippen molar-refractivity contribution in [2.24, 2.45) is 5.92 Å². The SMILES string of the molecule is COc1ccc2c(Br)cccc2c1CN1C(=O)[C@@H](NC(=O)[C@H](C)N(C)C(=O)O)CN(C(=O)CC2CCOCC2)c2ccccc21. The van der Waals surface area contributed by atoms with Crippen LogP contribution in [0.25, 0.3) is 10.8 Å². The highest BCUT2D eigenvalue weighted by atomic mass is 79.9. The molecule has 11 nitrogen and oxygen atoms in total. The van der Waals surface area contributed by atoms with E-state index < -0.39 is 30.0 Å². The molecule has 0 radical (unpaired) electrons.